The van der Waals surface area contributed by atoms with Crippen LogP contribution in [0.1, 0.15) is 30.4 Å². The summed E-state index contributed by atoms with van der Waals surface area (Å²) in [5.41, 5.74) is 2.48. The van der Waals surface area contributed by atoms with Gasteiger partial charge in [0, 0.05) is 52.3 Å². The van der Waals surface area contributed by atoms with Gasteiger partial charge in [0.15, 0.2) is 5.96 Å². The first kappa shape index (κ1) is 20.4. The normalized spacial score (nSPS) is 17.0. The van der Waals surface area contributed by atoms with E-state index in [-0.39, 0.29) is 0 Å². The predicted octanol–water partition coefficient (Wildman–Crippen LogP) is 2.18. The lowest BCUT2D eigenvalue weighted by Crippen LogP contribution is -2.37. The number of benzene rings is 1. The molecule has 7 heteroatoms. The molecule has 7 nitrogen and oxygen atoms in total. The molecule has 0 bridgehead atoms. The third-order valence-electron chi connectivity index (χ3n) is 4.68. The number of aromatic nitrogens is 2. The van der Waals surface area contributed by atoms with Gasteiger partial charge in [0.1, 0.15) is 0 Å². The third-order valence-corrected chi connectivity index (χ3v) is 4.68. The van der Waals surface area contributed by atoms with Crippen molar-refractivity contribution in [3.8, 4) is 0 Å². The molecule has 1 aromatic heterocycles. The second-order valence-electron chi connectivity index (χ2n) is 6.97. The largest absolute Gasteiger partial charge is 0.379 e. The molecule has 2 N–H and O–H groups in total. The smallest absolute Gasteiger partial charge is 0.191 e. The lowest BCUT2D eigenvalue weighted by Gasteiger charge is -2.13. The number of aliphatic imine (C=N–C) groups is 1. The van der Waals surface area contributed by atoms with Crippen molar-refractivity contribution < 1.29 is 9.47 Å². The van der Waals surface area contributed by atoms with Gasteiger partial charge >= 0.3 is 0 Å². The molecule has 1 aliphatic heterocycles. The van der Waals surface area contributed by atoms with Gasteiger partial charge in [0.2, 0.25) is 0 Å². The van der Waals surface area contributed by atoms with Crippen molar-refractivity contribution in [3.05, 3.63) is 54.1 Å². The van der Waals surface area contributed by atoms with E-state index in [9.17, 15) is 0 Å². The van der Waals surface area contributed by atoms with Crippen molar-refractivity contribution in [2.75, 3.05) is 33.4 Å². The van der Waals surface area contributed by atoms with Crippen LogP contribution in [0, 0.1) is 0 Å². The minimum atomic E-state index is 0.298. The lowest BCUT2D eigenvalue weighted by molar-refractivity contribution is 0.0168. The van der Waals surface area contributed by atoms with Crippen molar-refractivity contribution in [2.24, 2.45) is 4.99 Å². The van der Waals surface area contributed by atoms with E-state index in [0.717, 1.165) is 58.1 Å². The Balaban J connectivity index is 1.32. The summed E-state index contributed by atoms with van der Waals surface area (Å²) in [6.45, 7) is 4.71. The van der Waals surface area contributed by atoms with Crippen LogP contribution < -0.4 is 10.6 Å². The summed E-state index contributed by atoms with van der Waals surface area (Å²) < 4.78 is 13.3. The molecule has 3 rings (SSSR count). The van der Waals surface area contributed by atoms with E-state index in [1.807, 2.05) is 12.5 Å². The van der Waals surface area contributed by atoms with Gasteiger partial charge in [-0.25, -0.2) is 4.98 Å². The summed E-state index contributed by atoms with van der Waals surface area (Å²) in [4.78, 5) is 8.38. The van der Waals surface area contributed by atoms with Crippen molar-refractivity contribution in [1.82, 2.24) is 20.2 Å². The fourth-order valence-corrected chi connectivity index (χ4v) is 3.21. The molecular formula is C21H31N5O2. The Labute approximate surface area is 167 Å². The number of imidazole rings is 1. The number of guanidine groups is 1. The number of hydrogen-bond acceptors (Lipinski definition) is 4. The van der Waals surface area contributed by atoms with Crippen LogP contribution in [0.5, 0.6) is 0 Å². The molecule has 0 amide bonds. The monoisotopic (exact) mass is 385 g/mol. The highest BCUT2D eigenvalue weighted by Crippen LogP contribution is 2.11. The van der Waals surface area contributed by atoms with Crippen LogP contribution in [-0.2, 0) is 22.6 Å². The number of ether oxygens (including phenoxy) is 2. The molecular weight excluding hydrogens is 354 g/mol. The number of hydrogen-bond donors (Lipinski definition) is 2. The Bertz CT molecular complexity index is 711. The quantitative estimate of drug-likeness (QED) is 0.373. The highest BCUT2D eigenvalue weighted by Gasteiger charge is 2.14. The summed E-state index contributed by atoms with van der Waals surface area (Å²) in [5, 5.41) is 6.70. The summed E-state index contributed by atoms with van der Waals surface area (Å²) in [7, 11) is 1.79. The molecule has 0 radical (unpaired) electrons. The average molecular weight is 386 g/mol. The van der Waals surface area contributed by atoms with Crippen molar-refractivity contribution >= 4 is 5.96 Å². The van der Waals surface area contributed by atoms with E-state index >= 15 is 0 Å². The van der Waals surface area contributed by atoms with Crippen molar-refractivity contribution in [2.45, 2.75) is 38.5 Å². The molecule has 1 aromatic carbocycles. The first-order valence-electron chi connectivity index (χ1n) is 10.0. The molecule has 0 aliphatic carbocycles. The number of nitrogens with zero attached hydrogens (tertiary/aromatic N) is 3. The molecule has 152 valence electrons. The first-order valence-corrected chi connectivity index (χ1v) is 10.0. The third kappa shape index (κ3) is 6.98. The van der Waals surface area contributed by atoms with Crippen molar-refractivity contribution in [1.29, 1.82) is 0 Å². The Hall–Kier alpha value is -2.38. The predicted molar refractivity (Wildman–Crippen MR) is 110 cm³/mol. The molecule has 0 spiro atoms. The highest BCUT2D eigenvalue weighted by atomic mass is 16.5. The maximum absolute atomic E-state index is 5.69. The van der Waals surface area contributed by atoms with E-state index in [0.29, 0.717) is 12.7 Å². The van der Waals surface area contributed by atoms with Crippen LogP contribution in [0.4, 0.5) is 0 Å². The van der Waals surface area contributed by atoms with Gasteiger partial charge < -0.3 is 24.7 Å². The molecule has 28 heavy (non-hydrogen) atoms. The molecule has 1 saturated heterocycles. The van der Waals surface area contributed by atoms with E-state index in [1.54, 1.807) is 13.2 Å². The van der Waals surface area contributed by atoms with Gasteiger partial charge in [-0.3, -0.25) is 4.99 Å². The van der Waals surface area contributed by atoms with Crippen LogP contribution in [0.15, 0.2) is 48.0 Å². The summed E-state index contributed by atoms with van der Waals surface area (Å²) in [5.74, 6) is 0.805. The van der Waals surface area contributed by atoms with Gasteiger partial charge in [-0.05, 0) is 30.4 Å². The van der Waals surface area contributed by atoms with Gasteiger partial charge in [-0.15, -0.1) is 0 Å². The van der Waals surface area contributed by atoms with Crippen molar-refractivity contribution in [3.63, 3.8) is 0 Å². The summed E-state index contributed by atoms with van der Waals surface area (Å²) >= 11 is 0. The Kier molecular flexibility index (Phi) is 8.33. The maximum atomic E-state index is 5.69. The Morgan fingerprint density at radius 1 is 1.36 bits per heavy atom. The molecule has 1 aliphatic rings. The fraction of sp³-hybridized carbons (Fsp3) is 0.524. The van der Waals surface area contributed by atoms with Gasteiger partial charge in [-0.1, -0.05) is 24.3 Å². The highest BCUT2D eigenvalue weighted by molar-refractivity contribution is 5.79. The second-order valence-corrected chi connectivity index (χ2v) is 6.97. The molecule has 1 atom stereocenters. The minimum Gasteiger partial charge on any atom is -0.379 e. The van der Waals surface area contributed by atoms with Gasteiger partial charge in [0.05, 0.1) is 19.0 Å². The Morgan fingerprint density at radius 2 is 2.29 bits per heavy atom. The van der Waals surface area contributed by atoms with E-state index in [2.05, 4.69) is 49.4 Å². The lowest BCUT2D eigenvalue weighted by atomic mass is 10.1. The fourth-order valence-electron chi connectivity index (χ4n) is 3.21. The molecule has 2 aromatic rings. The standard InChI is InChI=1S/C21H31N5O2/c1-22-21(24-8-4-11-27-16-20-7-3-12-28-20)25-14-18-5-2-6-19(13-18)15-26-10-9-23-17-26/h2,5-6,9-10,13,17,20H,3-4,7-8,11-12,14-16H2,1H3,(H2,22,24,25). The Morgan fingerprint density at radius 3 is 3.07 bits per heavy atom. The van der Waals surface area contributed by atoms with Crippen LogP contribution in [0.2, 0.25) is 0 Å². The molecule has 1 unspecified atom stereocenters. The van der Waals surface area contributed by atoms with E-state index in [4.69, 9.17) is 9.47 Å². The molecule has 1 fully saturated rings. The van der Waals surface area contributed by atoms with Crippen LogP contribution in [-0.4, -0.2) is 55.0 Å². The number of rotatable bonds is 10. The van der Waals surface area contributed by atoms with Gasteiger partial charge in [0.25, 0.3) is 0 Å². The summed E-state index contributed by atoms with van der Waals surface area (Å²) in [6, 6.07) is 8.55. The zero-order valence-electron chi connectivity index (χ0n) is 16.6. The molecule has 0 saturated carbocycles. The zero-order chi connectivity index (χ0) is 19.4. The maximum Gasteiger partial charge on any atom is 0.191 e. The van der Waals surface area contributed by atoms with Crippen LogP contribution >= 0.6 is 0 Å². The minimum absolute atomic E-state index is 0.298. The van der Waals surface area contributed by atoms with E-state index < -0.39 is 0 Å². The van der Waals surface area contributed by atoms with Crippen LogP contribution in [0.3, 0.4) is 0 Å². The zero-order valence-corrected chi connectivity index (χ0v) is 16.6. The first-order chi connectivity index (χ1) is 13.8. The topological polar surface area (TPSA) is 72.7 Å². The average Bonchev–Trinajstić information content (AvgIpc) is 3.41. The van der Waals surface area contributed by atoms with Crippen LogP contribution in [0.25, 0.3) is 0 Å². The second kappa shape index (κ2) is 11.5. The van der Waals surface area contributed by atoms with E-state index in [1.165, 1.54) is 11.1 Å². The number of nitrogens with one attached hydrogen (secondary N) is 2. The summed E-state index contributed by atoms with van der Waals surface area (Å²) in [6.07, 6.45) is 9.12. The molecule has 2 heterocycles. The SMILES string of the molecule is CN=C(NCCCOCC1CCCO1)NCc1cccc(Cn2ccnc2)c1. The van der Waals surface area contributed by atoms with Gasteiger partial charge in [-0.2, -0.15) is 0 Å².